The van der Waals surface area contributed by atoms with Crippen molar-refractivity contribution in [3.63, 3.8) is 0 Å². The van der Waals surface area contributed by atoms with Crippen molar-refractivity contribution in [1.29, 1.82) is 5.26 Å². The van der Waals surface area contributed by atoms with Gasteiger partial charge in [-0.3, -0.25) is 0 Å². The molecule has 0 aromatic heterocycles. The molecule has 0 amide bonds. The average molecular weight is 422 g/mol. The third-order valence-electron chi connectivity index (χ3n) is 7.60. The minimum absolute atomic E-state index is 0.443. The van der Waals surface area contributed by atoms with E-state index in [2.05, 4.69) is 43.3 Å². The molecule has 31 heavy (non-hydrogen) atoms. The molecule has 0 saturated heterocycles. The number of nitrogens with zero attached hydrogens (tertiary/aromatic N) is 1. The highest BCUT2D eigenvalue weighted by Gasteiger charge is 2.25. The second-order valence-corrected chi connectivity index (χ2v) is 9.98. The van der Waals surface area contributed by atoms with Gasteiger partial charge in [0, 0.05) is 12.7 Å². The van der Waals surface area contributed by atoms with Gasteiger partial charge < -0.3 is 4.74 Å². The number of hydrogen-bond acceptors (Lipinski definition) is 2. The van der Waals surface area contributed by atoms with Crippen LogP contribution in [0.25, 0.3) is 0 Å². The molecule has 0 unspecified atom stereocenters. The lowest BCUT2D eigenvalue weighted by Crippen LogP contribution is -2.25. The first-order valence-electron chi connectivity index (χ1n) is 13.0. The first-order valence-corrected chi connectivity index (χ1v) is 13.0. The molecule has 0 N–H and O–H groups in total. The van der Waals surface area contributed by atoms with Crippen molar-refractivity contribution in [3.8, 4) is 6.07 Å². The van der Waals surface area contributed by atoms with Crippen LogP contribution in [0.3, 0.4) is 0 Å². The highest BCUT2D eigenvalue weighted by molar-refractivity contribution is 5.26. The number of rotatable bonds is 11. The first-order chi connectivity index (χ1) is 15.3. The van der Waals surface area contributed by atoms with E-state index >= 15 is 0 Å². The fourth-order valence-corrected chi connectivity index (χ4v) is 5.45. The summed E-state index contributed by atoms with van der Waals surface area (Å²) in [5, 5.41) is 8.67. The van der Waals surface area contributed by atoms with E-state index in [0.717, 1.165) is 31.3 Å². The number of ether oxygens (including phenoxy) is 1. The zero-order valence-electron chi connectivity index (χ0n) is 19.7. The smallest absolute Gasteiger partial charge is 0.0908 e. The Morgan fingerprint density at radius 1 is 0.903 bits per heavy atom. The molecule has 2 aliphatic carbocycles. The van der Waals surface area contributed by atoms with Crippen LogP contribution >= 0.6 is 0 Å². The maximum Gasteiger partial charge on any atom is 0.0908 e. The molecule has 1 aromatic carbocycles. The van der Waals surface area contributed by atoms with Crippen molar-refractivity contribution in [3.05, 3.63) is 47.5 Å². The van der Waals surface area contributed by atoms with Crippen LogP contribution in [0.2, 0.25) is 0 Å². The maximum atomic E-state index is 8.67. The Morgan fingerprint density at radius 2 is 1.61 bits per heavy atom. The minimum Gasteiger partial charge on any atom is -0.378 e. The van der Waals surface area contributed by atoms with Gasteiger partial charge in [-0.25, -0.2) is 0 Å². The fourth-order valence-electron chi connectivity index (χ4n) is 5.45. The predicted octanol–water partition coefficient (Wildman–Crippen LogP) is 8.13. The van der Waals surface area contributed by atoms with Crippen molar-refractivity contribution < 1.29 is 4.74 Å². The molecule has 0 heterocycles. The lowest BCUT2D eigenvalue weighted by atomic mass is 9.78. The van der Waals surface area contributed by atoms with Crippen molar-refractivity contribution in [2.75, 3.05) is 6.61 Å². The van der Waals surface area contributed by atoms with Gasteiger partial charge in [-0.15, -0.1) is 0 Å². The van der Waals surface area contributed by atoms with E-state index in [1.54, 1.807) is 11.6 Å². The van der Waals surface area contributed by atoms with Gasteiger partial charge >= 0.3 is 0 Å². The van der Waals surface area contributed by atoms with E-state index in [9.17, 15) is 0 Å². The monoisotopic (exact) mass is 421 g/mol. The third kappa shape index (κ3) is 8.46. The SMILES string of the molecule is CCCCCCCc1ccc(C2CCC(COC3CCC(/C=C/C#N)CC3)CC2)cc1. The van der Waals surface area contributed by atoms with Crippen LogP contribution in [0.1, 0.15) is 107 Å². The van der Waals surface area contributed by atoms with Gasteiger partial charge in [0.15, 0.2) is 0 Å². The van der Waals surface area contributed by atoms with Gasteiger partial charge in [0.2, 0.25) is 0 Å². The Hall–Kier alpha value is -1.59. The summed E-state index contributed by atoms with van der Waals surface area (Å²) in [6.45, 7) is 3.23. The molecule has 0 bridgehead atoms. The standard InChI is InChI=1S/C29H43NO/c1-2-3-4-5-6-8-24-10-16-27(17-11-24)28-18-12-26(13-19-28)23-31-29-20-14-25(15-21-29)9-7-22-30/h7,9-11,16-17,25-26,28-29H,2-6,8,12-15,18-21,23H2,1H3/b9-7+. The molecular weight excluding hydrogens is 378 g/mol. The Balaban J connectivity index is 1.31. The van der Waals surface area contributed by atoms with Crippen LogP contribution in [-0.4, -0.2) is 12.7 Å². The van der Waals surface area contributed by atoms with Gasteiger partial charge in [-0.05, 0) is 93.1 Å². The predicted molar refractivity (Wildman–Crippen MR) is 130 cm³/mol. The number of unbranched alkanes of at least 4 members (excludes halogenated alkanes) is 4. The van der Waals surface area contributed by atoms with Crippen molar-refractivity contribution in [2.45, 2.75) is 109 Å². The van der Waals surface area contributed by atoms with E-state index in [0.29, 0.717) is 12.0 Å². The Bertz CT molecular complexity index is 670. The van der Waals surface area contributed by atoms with Crippen LogP contribution in [0, 0.1) is 23.2 Å². The van der Waals surface area contributed by atoms with Crippen LogP contribution in [0.4, 0.5) is 0 Å². The maximum absolute atomic E-state index is 8.67. The van der Waals surface area contributed by atoms with Crippen molar-refractivity contribution >= 4 is 0 Å². The molecular formula is C29H43NO. The molecule has 2 nitrogen and oxygen atoms in total. The molecule has 3 rings (SSSR count). The molecule has 0 aliphatic heterocycles. The summed E-state index contributed by atoms with van der Waals surface area (Å²) in [5.41, 5.74) is 3.07. The summed E-state index contributed by atoms with van der Waals surface area (Å²) in [6, 6.07) is 11.7. The molecule has 0 radical (unpaired) electrons. The summed E-state index contributed by atoms with van der Waals surface area (Å²) in [4.78, 5) is 0. The van der Waals surface area contributed by atoms with E-state index in [1.165, 1.54) is 82.6 Å². The molecule has 1 aromatic rings. The zero-order chi connectivity index (χ0) is 21.7. The zero-order valence-corrected chi connectivity index (χ0v) is 19.7. The van der Waals surface area contributed by atoms with Gasteiger partial charge in [0.1, 0.15) is 0 Å². The van der Waals surface area contributed by atoms with E-state index in [1.807, 2.05) is 0 Å². The van der Waals surface area contributed by atoms with Crippen LogP contribution in [0.15, 0.2) is 36.4 Å². The van der Waals surface area contributed by atoms with Crippen molar-refractivity contribution in [2.24, 2.45) is 11.8 Å². The first kappa shape index (κ1) is 24.1. The van der Waals surface area contributed by atoms with E-state index in [-0.39, 0.29) is 0 Å². The van der Waals surface area contributed by atoms with Gasteiger partial charge in [-0.2, -0.15) is 5.26 Å². The summed E-state index contributed by atoms with van der Waals surface area (Å²) in [6.07, 6.45) is 22.1. The summed E-state index contributed by atoms with van der Waals surface area (Å²) >= 11 is 0. The van der Waals surface area contributed by atoms with Crippen molar-refractivity contribution in [1.82, 2.24) is 0 Å². The number of benzene rings is 1. The Kier molecular flexibility index (Phi) is 10.7. The van der Waals surface area contributed by atoms with E-state index in [4.69, 9.17) is 10.00 Å². The number of aryl methyl sites for hydroxylation is 1. The normalized spacial score (nSPS) is 26.7. The van der Waals surface area contributed by atoms with E-state index < -0.39 is 0 Å². The topological polar surface area (TPSA) is 33.0 Å². The molecule has 0 spiro atoms. The molecule has 2 heteroatoms. The largest absolute Gasteiger partial charge is 0.378 e. The lowest BCUT2D eigenvalue weighted by Gasteiger charge is -2.32. The van der Waals surface area contributed by atoms with Gasteiger partial charge in [0.05, 0.1) is 12.2 Å². The van der Waals surface area contributed by atoms with Crippen LogP contribution in [-0.2, 0) is 11.2 Å². The summed E-state index contributed by atoms with van der Waals surface area (Å²) in [5.74, 6) is 2.08. The Labute approximate surface area is 191 Å². The number of nitriles is 1. The second kappa shape index (κ2) is 13.7. The molecule has 2 aliphatic rings. The summed E-state index contributed by atoms with van der Waals surface area (Å²) < 4.78 is 6.30. The molecule has 170 valence electrons. The highest BCUT2D eigenvalue weighted by Crippen LogP contribution is 2.37. The highest BCUT2D eigenvalue weighted by atomic mass is 16.5. The number of hydrogen-bond donors (Lipinski definition) is 0. The quantitative estimate of drug-likeness (QED) is 0.267. The molecule has 2 saturated carbocycles. The average Bonchev–Trinajstić information content (AvgIpc) is 2.83. The van der Waals surface area contributed by atoms with Gasteiger partial charge in [-0.1, -0.05) is 62.9 Å². The third-order valence-corrected chi connectivity index (χ3v) is 7.60. The fraction of sp³-hybridized carbons (Fsp3) is 0.690. The van der Waals surface area contributed by atoms with Gasteiger partial charge in [0.25, 0.3) is 0 Å². The van der Waals surface area contributed by atoms with Crippen LogP contribution in [0.5, 0.6) is 0 Å². The lowest BCUT2D eigenvalue weighted by molar-refractivity contribution is -0.00456. The molecule has 2 fully saturated rings. The second-order valence-electron chi connectivity index (χ2n) is 9.98. The minimum atomic E-state index is 0.443. The summed E-state index contributed by atoms with van der Waals surface area (Å²) in [7, 11) is 0. The Morgan fingerprint density at radius 3 is 2.29 bits per heavy atom. The molecule has 0 atom stereocenters. The van der Waals surface area contributed by atoms with Crippen LogP contribution < -0.4 is 0 Å². The number of allylic oxidation sites excluding steroid dienone is 2.